The van der Waals surface area contributed by atoms with E-state index in [9.17, 15) is 9.59 Å². The summed E-state index contributed by atoms with van der Waals surface area (Å²) in [5, 5.41) is 0. The van der Waals surface area contributed by atoms with Crippen molar-refractivity contribution >= 4 is 11.2 Å². The highest BCUT2D eigenvalue weighted by atomic mass is 16.2. The van der Waals surface area contributed by atoms with E-state index in [4.69, 9.17) is 4.98 Å². The molecule has 2 aromatic heterocycles. The fourth-order valence-electron chi connectivity index (χ4n) is 4.58. The molecule has 31 heavy (non-hydrogen) atoms. The van der Waals surface area contributed by atoms with Crippen LogP contribution in [0.2, 0.25) is 0 Å². The summed E-state index contributed by atoms with van der Waals surface area (Å²) in [6, 6.07) is 18.7. The van der Waals surface area contributed by atoms with E-state index in [0.29, 0.717) is 24.3 Å². The molecule has 4 aromatic rings. The van der Waals surface area contributed by atoms with Crippen LogP contribution in [0.3, 0.4) is 0 Å². The van der Waals surface area contributed by atoms with Gasteiger partial charge in [-0.05, 0) is 11.1 Å². The quantitative estimate of drug-likeness (QED) is 0.531. The number of quaternary nitrogens is 1. The van der Waals surface area contributed by atoms with Gasteiger partial charge in [-0.1, -0.05) is 54.6 Å². The zero-order valence-electron chi connectivity index (χ0n) is 17.8. The minimum atomic E-state index is -0.354. The molecule has 0 bridgehead atoms. The summed E-state index contributed by atoms with van der Waals surface area (Å²) in [5.74, 6) is 0.839. The molecule has 5 rings (SSSR count). The summed E-state index contributed by atoms with van der Waals surface area (Å²) in [5.41, 5.74) is 4.17. The van der Waals surface area contributed by atoms with Crippen molar-refractivity contribution in [2.24, 2.45) is 14.1 Å². The van der Waals surface area contributed by atoms with Crippen LogP contribution in [0.1, 0.15) is 22.5 Å². The van der Waals surface area contributed by atoms with Crippen molar-refractivity contribution in [2.75, 3.05) is 6.54 Å². The summed E-state index contributed by atoms with van der Waals surface area (Å²) < 4.78 is 4.64. The molecule has 158 valence electrons. The number of hydrogen-bond donors (Lipinski definition) is 1. The second-order valence-corrected chi connectivity index (χ2v) is 8.35. The van der Waals surface area contributed by atoms with Crippen LogP contribution in [0.25, 0.3) is 11.2 Å². The molecular weight excluding hydrogens is 390 g/mol. The number of benzene rings is 2. The summed E-state index contributed by atoms with van der Waals surface area (Å²) in [4.78, 5) is 31.8. The topological polar surface area (TPSA) is 66.3 Å². The van der Waals surface area contributed by atoms with E-state index in [1.807, 2.05) is 34.9 Å². The standard InChI is InChI=1S/C24H25N5O2/c1-26-22-21(23(30)27(2)24(26)31)29(14-17-8-4-3-5-9-17)20(25-22)16-28-13-12-18-10-6-7-11-19(18)15-28/h3-11H,12-16H2,1-2H3/p+1. The Kier molecular flexibility index (Phi) is 4.82. The van der Waals surface area contributed by atoms with Crippen molar-refractivity contribution in [1.82, 2.24) is 18.7 Å². The van der Waals surface area contributed by atoms with E-state index in [0.717, 1.165) is 30.9 Å². The maximum atomic E-state index is 13.1. The first-order valence-electron chi connectivity index (χ1n) is 10.6. The van der Waals surface area contributed by atoms with Gasteiger partial charge in [-0.2, -0.15) is 0 Å². The van der Waals surface area contributed by atoms with Gasteiger partial charge < -0.3 is 9.47 Å². The Morgan fingerprint density at radius 3 is 2.42 bits per heavy atom. The monoisotopic (exact) mass is 416 g/mol. The Hall–Kier alpha value is -3.45. The lowest BCUT2D eigenvalue weighted by molar-refractivity contribution is -0.930. The highest BCUT2D eigenvalue weighted by Gasteiger charge is 2.25. The third kappa shape index (κ3) is 3.41. The van der Waals surface area contributed by atoms with E-state index >= 15 is 0 Å². The number of rotatable bonds is 4. The van der Waals surface area contributed by atoms with E-state index in [1.54, 1.807) is 7.05 Å². The van der Waals surface area contributed by atoms with Gasteiger partial charge in [0.15, 0.2) is 17.0 Å². The molecule has 7 nitrogen and oxygen atoms in total. The predicted octanol–water partition coefficient (Wildman–Crippen LogP) is 0.623. The van der Waals surface area contributed by atoms with Crippen molar-refractivity contribution < 1.29 is 4.90 Å². The van der Waals surface area contributed by atoms with Crippen LogP contribution in [0.15, 0.2) is 64.2 Å². The molecule has 1 atom stereocenters. The normalized spacial score (nSPS) is 15.9. The number of nitrogens with one attached hydrogen (secondary N) is 1. The summed E-state index contributed by atoms with van der Waals surface area (Å²) >= 11 is 0. The van der Waals surface area contributed by atoms with Gasteiger partial charge in [0.05, 0.1) is 6.54 Å². The molecular formula is C24H26N5O2+. The molecule has 1 aliphatic heterocycles. The molecule has 1 N–H and O–H groups in total. The van der Waals surface area contributed by atoms with Crippen LogP contribution in [-0.2, 0) is 40.2 Å². The molecule has 0 saturated carbocycles. The van der Waals surface area contributed by atoms with Crippen LogP contribution in [0.5, 0.6) is 0 Å². The molecule has 7 heteroatoms. The minimum Gasteiger partial charge on any atom is -0.325 e. The molecule has 0 aliphatic carbocycles. The molecule has 1 aliphatic rings. The minimum absolute atomic E-state index is 0.299. The highest BCUT2D eigenvalue weighted by Crippen LogP contribution is 2.15. The second-order valence-electron chi connectivity index (χ2n) is 8.35. The Morgan fingerprint density at radius 2 is 1.65 bits per heavy atom. The zero-order chi connectivity index (χ0) is 21.5. The molecule has 0 spiro atoms. The van der Waals surface area contributed by atoms with E-state index in [2.05, 4.69) is 24.3 Å². The van der Waals surface area contributed by atoms with Gasteiger partial charge in [0, 0.05) is 32.6 Å². The Balaban J connectivity index is 1.61. The molecule has 2 aromatic carbocycles. The van der Waals surface area contributed by atoms with Crippen LogP contribution in [0.4, 0.5) is 0 Å². The van der Waals surface area contributed by atoms with Crippen molar-refractivity contribution in [2.45, 2.75) is 26.1 Å². The first-order chi connectivity index (χ1) is 15.0. The van der Waals surface area contributed by atoms with Crippen LogP contribution in [-0.4, -0.2) is 25.2 Å². The van der Waals surface area contributed by atoms with Gasteiger partial charge >= 0.3 is 5.69 Å². The number of nitrogens with zero attached hydrogens (tertiary/aromatic N) is 4. The summed E-state index contributed by atoms with van der Waals surface area (Å²) in [6.07, 6.45) is 1.03. The van der Waals surface area contributed by atoms with Gasteiger partial charge in [0.1, 0.15) is 13.1 Å². The summed E-state index contributed by atoms with van der Waals surface area (Å²) in [6.45, 7) is 3.20. The third-order valence-electron chi connectivity index (χ3n) is 6.33. The zero-order valence-corrected chi connectivity index (χ0v) is 17.8. The van der Waals surface area contributed by atoms with Gasteiger partial charge in [-0.3, -0.25) is 13.9 Å². The Bertz CT molecular complexity index is 1380. The molecule has 3 heterocycles. The highest BCUT2D eigenvalue weighted by molar-refractivity contribution is 5.71. The van der Waals surface area contributed by atoms with Gasteiger partial charge in [-0.15, -0.1) is 0 Å². The van der Waals surface area contributed by atoms with E-state index in [1.165, 1.54) is 32.2 Å². The van der Waals surface area contributed by atoms with Crippen LogP contribution >= 0.6 is 0 Å². The van der Waals surface area contributed by atoms with Crippen LogP contribution in [0, 0.1) is 0 Å². The average Bonchev–Trinajstić information content (AvgIpc) is 3.14. The van der Waals surface area contributed by atoms with Crippen LogP contribution < -0.4 is 16.1 Å². The first kappa shape index (κ1) is 19.5. The van der Waals surface area contributed by atoms with E-state index in [-0.39, 0.29) is 11.2 Å². The fraction of sp³-hybridized carbons (Fsp3) is 0.292. The fourth-order valence-corrected chi connectivity index (χ4v) is 4.58. The average molecular weight is 417 g/mol. The Labute approximate surface area is 179 Å². The Morgan fingerprint density at radius 1 is 0.935 bits per heavy atom. The SMILES string of the molecule is Cn1c(=O)c2c(nc(C[NH+]3CCc4ccccc4C3)n2Cc2ccccc2)n(C)c1=O. The number of hydrogen-bond acceptors (Lipinski definition) is 3. The maximum absolute atomic E-state index is 13.1. The number of imidazole rings is 1. The van der Waals surface area contributed by atoms with Crippen molar-refractivity contribution in [3.63, 3.8) is 0 Å². The summed E-state index contributed by atoms with van der Waals surface area (Å²) in [7, 11) is 3.20. The van der Waals surface area contributed by atoms with Gasteiger partial charge in [-0.25, -0.2) is 9.78 Å². The van der Waals surface area contributed by atoms with Gasteiger partial charge in [0.25, 0.3) is 5.56 Å². The number of aryl methyl sites for hydroxylation is 1. The van der Waals surface area contributed by atoms with Crippen molar-refractivity contribution in [3.05, 3.63) is 98.0 Å². The second kappa shape index (κ2) is 7.67. The molecule has 0 fully saturated rings. The molecule has 1 unspecified atom stereocenters. The first-order valence-corrected chi connectivity index (χ1v) is 10.6. The number of aromatic nitrogens is 4. The van der Waals surface area contributed by atoms with Crippen molar-refractivity contribution in [3.8, 4) is 0 Å². The van der Waals surface area contributed by atoms with Crippen molar-refractivity contribution in [1.29, 1.82) is 0 Å². The molecule has 0 saturated heterocycles. The number of fused-ring (bicyclic) bond motifs is 2. The third-order valence-corrected chi connectivity index (χ3v) is 6.33. The molecule has 0 amide bonds. The van der Waals surface area contributed by atoms with E-state index < -0.39 is 0 Å². The predicted molar refractivity (Wildman–Crippen MR) is 119 cm³/mol. The smallest absolute Gasteiger partial charge is 0.325 e. The lowest BCUT2D eigenvalue weighted by Crippen LogP contribution is -3.10. The van der Waals surface area contributed by atoms with Gasteiger partial charge in [0.2, 0.25) is 0 Å². The molecule has 0 radical (unpaired) electrons. The lowest BCUT2D eigenvalue weighted by atomic mass is 10.00. The lowest BCUT2D eigenvalue weighted by Gasteiger charge is -2.25. The largest absolute Gasteiger partial charge is 0.332 e. The maximum Gasteiger partial charge on any atom is 0.332 e.